The number of para-hydroxylation sites is 1. The molecule has 0 aliphatic rings. The Morgan fingerprint density at radius 1 is 1.32 bits per heavy atom. The maximum absolute atomic E-state index is 13.5. The minimum atomic E-state index is -0.708. The molecule has 0 saturated carbocycles. The van der Waals surface area contributed by atoms with E-state index in [1.807, 2.05) is 17.5 Å². The van der Waals surface area contributed by atoms with Crippen LogP contribution in [0.3, 0.4) is 0 Å². The number of tetrazole rings is 1. The summed E-state index contributed by atoms with van der Waals surface area (Å²) in [6, 6.07) is 9.02. The van der Waals surface area contributed by atoms with Crippen LogP contribution in [-0.2, 0) is 4.79 Å². The summed E-state index contributed by atoms with van der Waals surface area (Å²) in [7, 11) is 0. The van der Waals surface area contributed by atoms with Gasteiger partial charge in [0.1, 0.15) is 11.9 Å². The van der Waals surface area contributed by atoms with Gasteiger partial charge < -0.3 is 5.32 Å². The van der Waals surface area contributed by atoms with Gasteiger partial charge in [-0.25, -0.2) is 4.39 Å². The minimum Gasteiger partial charge on any atom is -0.322 e. The third-order valence-electron chi connectivity index (χ3n) is 3.03. The van der Waals surface area contributed by atoms with Crippen LogP contribution in [0.4, 0.5) is 10.1 Å². The van der Waals surface area contributed by atoms with Crippen molar-refractivity contribution in [1.29, 1.82) is 0 Å². The Balaban J connectivity index is 1.75. The summed E-state index contributed by atoms with van der Waals surface area (Å²) < 4.78 is 13.5. The van der Waals surface area contributed by atoms with E-state index in [4.69, 9.17) is 0 Å². The number of hydrogen-bond acceptors (Lipinski definition) is 5. The number of benzene rings is 1. The highest BCUT2D eigenvalue weighted by Crippen LogP contribution is 2.20. The van der Waals surface area contributed by atoms with Crippen molar-refractivity contribution in [3.05, 3.63) is 47.6 Å². The van der Waals surface area contributed by atoms with Gasteiger partial charge in [-0.15, -0.1) is 21.5 Å². The Kier molecular flexibility index (Phi) is 3.92. The van der Waals surface area contributed by atoms with Gasteiger partial charge in [-0.1, -0.05) is 18.2 Å². The van der Waals surface area contributed by atoms with Crippen LogP contribution in [-0.4, -0.2) is 26.1 Å². The number of carbonyl (C=O) groups excluding carboxylic acids is 1. The number of amides is 1. The molecule has 3 aromatic rings. The molecule has 112 valence electrons. The standard InChI is InChI=1S/C14H12FN5OS/c1-9(14(21)16-11-6-3-2-5-10(11)15)20-18-13(17-19-20)12-7-4-8-22-12/h2-9H,1H3,(H,16,21)/t9-/m1/s1. The average molecular weight is 317 g/mol. The third kappa shape index (κ3) is 2.86. The number of aromatic nitrogens is 4. The third-order valence-corrected chi connectivity index (χ3v) is 3.89. The maximum atomic E-state index is 13.5. The number of nitrogens with zero attached hydrogens (tertiary/aromatic N) is 4. The normalized spacial score (nSPS) is 12.1. The number of carbonyl (C=O) groups is 1. The zero-order valence-corrected chi connectivity index (χ0v) is 12.4. The van der Waals surface area contributed by atoms with Crippen molar-refractivity contribution < 1.29 is 9.18 Å². The lowest BCUT2D eigenvalue weighted by atomic mass is 10.2. The molecule has 2 heterocycles. The van der Waals surface area contributed by atoms with Crippen molar-refractivity contribution in [3.63, 3.8) is 0 Å². The molecular weight excluding hydrogens is 305 g/mol. The molecule has 1 N–H and O–H groups in total. The highest BCUT2D eigenvalue weighted by molar-refractivity contribution is 7.13. The average Bonchev–Trinajstić information content (AvgIpc) is 3.19. The predicted octanol–water partition coefficient (Wildman–Crippen LogP) is 2.74. The lowest BCUT2D eigenvalue weighted by Gasteiger charge is -2.11. The van der Waals surface area contributed by atoms with Crippen LogP contribution in [0.1, 0.15) is 13.0 Å². The van der Waals surface area contributed by atoms with Crippen molar-refractivity contribution in [2.24, 2.45) is 0 Å². The fourth-order valence-electron chi connectivity index (χ4n) is 1.80. The Morgan fingerprint density at radius 3 is 2.86 bits per heavy atom. The number of anilines is 1. The molecule has 8 heteroatoms. The Bertz CT molecular complexity index is 786. The van der Waals surface area contributed by atoms with Gasteiger partial charge in [0.15, 0.2) is 0 Å². The van der Waals surface area contributed by atoms with E-state index >= 15 is 0 Å². The molecule has 1 atom stereocenters. The van der Waals surface area contributed by atoms with E-state index in [0.717, 1.165) is 4.88 Å². The highest BCUT2D eigenvalue weighted by atomic mass is 32.1. The maximum Gasteiger partial charge on any atom is 0.250 e. The van der Waals surface area contributed by atoms with E-state index < -0.39 is 17.8 Å². The summed E-state index contributed by atoms with van der Waals surface area (Å²) in [6.45, 7) is 1.62. The summed E-state index contributed by atoms with van der Waals surface area (Å²) in [5.41, 5.74) is 0.123. The molecule has 22 heavy (non-hydrogen) atoms. The molecule has 0 saturated heterocycles. The minimum absolute atomic E-state index is 0.123. The van der Waals surface area contributed by atoms with Crippen LogP contribution in [0.15, 0.2) is 41.8 Å². The predicted molar refractivity (Wildman–Crippen MR) is 80.9 cm³/mol. The smallest absolute Gasteiger partial charge is 0.250 e. The van der Waals surface area contributed by atoms with Crippen LogP contribution in [0, 0.1) is 5.82 Å². The van der Waals surface area contributed by atoms with Gasteiger partial charge in [-0.2, -0.15) is 4.80 Å². The van der Waals surface area contributed by atoms with Crippen LogP contribution < -0.4 is 5.32 Å². The van der Waals surface area contributed by atoms with Gasteiger partial charge in [0, 0.05) is 0 Å². The molecule has 0 radical (unpaired) electrons. The molecule has 0 bridgehead atoms. The Hall–Kier alpha value is -2.61. The van der Waals surface area contributed by atoms with Gasteiger partial charge in [0.25, 0.3) is 5.91 Å². The molecule has 0 fully saturated rings. The van der Waals surface area contributed by atoms with E-state index in [-0.39, 0.29) is 5.69 Å². The summed E-state index contributed by atoms with van der Waals surface area (Å²) >= 11 is 1.49. The van der Waals surface area contributed by atoms with Crippen molar-refractivity contribution in [2.75, 3.05) is 5.32 Å². The molecule has 1 aromatic carbocycles. The number of hydrogen-bond donors (Lipinski definition) is 1. The van der Waals surface area contributed by atoms with Crippen LogP contribution in [0.25, 0.3) is 10.7 Å². The first-order valence-corrected chi connectivity index (χ1v) is 7.42. The number of thiophene rings is 1. The molecule has 2 aromatic heterocycles. The molecule has 6 nitrogen and oxygen atoms in total. The van der Waals surface area contributed by atoms with Crippen LogP contribution >= 0.6 is 11.3 Å². The van der Waals surface area contributed by atoms with E-state index in [1.165, 1.54) is 28.3 Å². The quantitative estimate of drug-likeness (QED) is 0.803. The van der Waals surface area contributed by atoms with Gasteiger partial charge >= 0.3 is 0 Å². The molecule has 0 spiro atoms. The van der Waals surface area contributed by atoms with E-state index in [9.17, 15) is 9.18 Å². The Labute approximate surface area is 129 Å². The van der Waals surface area contributed by atoms with E-state index in [0.29, 0.717) is 5.82 Å². The van der Waals surface area contributed by atoms with Crippen molar-refractivity contribution in [2.45, 2.75) is 13.0 Å². The summed E-state index contributed by atoms with van der Waals surface area (Å²) in [5.74, 6) is -0.449. The summed E-state index contributed by atoms with van der Waals surface area (Å²) in [4.78, 5) is 14.2. The number of rotatable bonds is 4. The van der Waals surface area contributed by atoms with E-state index in [2.05, 4.69) is 20.7 Å². The second-order valence-electron chi connectivity index (χ2n) is 4.56. The SMILES string of the molecule is C[C@H](C(=O)Nc1ccccc1F)n1nnc(-c2cccs2)n1. The van der Waals surface area contributed by atoms with Crippen molar-refractivity contribution >= 4 is 22.9 Å². The van der Waals surface area contributed by atoms with Gasteiger partial charge in [0.2, 0.25) is 5.82 Å². The summed E-state index contributed by atoms with van der Waals surface area (Å²) in [5, 5.41) is 16.4. The molecular formula is C14H12FN5OS. The molecule has 0 aliphatic carbocycles. The zero-order valence-electron chi connectivity index (χ0n) is 11.6. The van der Waals surface area contributed by atoms with Crippen LogP contribution in [0.5, 0.6) is 0 Å². The molecule has 0 aliphatic heterocycles. The second kappa shape index (κ2) is 6.02. The first kappa shape index (κ1) is 14.3. The first-order chi connectivity index (χ1) is 10.6. The second-order valence-corrected chi connectivity index (χ2v) is 5.50. The Morgan fingerprint density at radius 2 is 2.14 bits per heavy atom. The van der Waals surface area contributed by atoms with Crippen molar-refractivity contribution in [3.8, 4) is 10.7 Å². The largest absolute Gasteiger partial charge is 0.322 e. The topological polar surface area (TPSA) is 72.7 Å². The number of nitrogens with one attached hydrogen (secondary N) is 1. The van der Waals surface area contributed by atoms with E-state index in [1.54, 1.807) is 19.1 Å². The number of halogens is 1. The van der Waals surface area contributed by atoms with Gasteiger partial charge in [0.05, 0.1) is 10.6 Å². The van der Waals surface area contributed by atoms with Crippen molar-refractivity contribution in [1.82, 2.24) is 20.2 Å². The molecule has 3 rings (SSSR count). The molecule has 0 unspecified atom stereocenters. The lowest BCUT2D eigenvalue weighted by Crippen LogP contribution is -2.25. The molecule has 1 amide bonds. The monoisotopic (exact) mass is 317 g/mol. The zero-order chi connectivity index (χ0) is 15.5. The fraction of sp³-hybridized carbons (Fsp3) is 0.143. The van der Waals surface area contributed by atoms with Gasteiger partial charge in [-0.05, 0) is 35.7 Å². The lowest BCUT2D eigenvalue weighted by molar-refractivity contribution is -0.119. The summed E-state index contributed by atoms with van der Waals surface area (Å²) in [6.07, 6.45) is 0. The highest BCUT2D eigenvalue weighted by Gasteiger charge is 2.20. The van der Waals surface area contributed by atoms with Crippen LogP contribution in [0.2, 0.25) is 0 Å². The fourth-order valence-corrected chi connectivity index (χ4v) is 2.45. The van der Waals surface area contributed by atoms with Gasteiger partial charge in [-0.3, -0.25) is 4.79 Å². The first-order valence-electron chi connectivity index (χ1n) is 6.54.